The Morgan fingerprint density at radius 3 is 2.31 bits per heavy atom. The lowest BCUT2D eigenvalue weighted by atomic mass is 10.3. The first-order chi connectivity index (χ1) is 6.00. The van der Waals surface area contributed by atoms with Crippen molar-refractivity contribution in [2.45, 2.75) is 26.2 Å². The van der Waals surface area contributed by atoms with Crippen LogP contribution in [0.2, 0.25) is 0 Å². The van der Waals surface area contributed by atoms with Crippen LogP contribution in [0, 0.1) is 0 Å². The van der Waals surface area contributed by atoms with Crippen LogP contribution in [0.4, 0.5) is 0 Å². The Kier molecular flexibility index (Phi) is 13.7. The summed E-state index contributed by atoms with van der Waals surface area (Å²) < 4.78 is 13.6. The summed E-state index contributed by atoms with van der Waals surface area (Å²) in [6.07, 6.45) is 3.43. The monoisotopic (exact) mass is 228 g/mol. The van der Waals surface area contributed by atoms with Crippen LogP contribution >= 0.6 is 20.5 Å². The second kappa shape index (κ2) is 11.7. The summed E-state index contributed by atoms with van der Waals surface area (Å²) in [5.74, 6) is 0. The molecule has 0 aromatic carbocycles. The molecule has 0 aromatic heterocycles. The largest absolute Gasteiger partial charge is 0.692 e. The van der Waals surface area contributed by atoms with E-state index in [1.807, 2.05) is 0 Å². The van der Waals surface area contributed by atoms with E-state index in [4.69, 9.17) is 24.8 Å². The first kappa shape index (κ1) is 15.2. The standard InChI is InChI=1S/C6H13NOS.HO3P/c1-2-3-4-5-8-6(7)9;1-4(2)3/h2-5H2,1H3,(H2,7,9);(H-,1,2,3)/p+1. The summed E-state index contributed by atoms with van der Waals surface area (Å²) in [6, 6.07) is 0. The summed E-state index contributed by atoms with van der Waals surface area (Å²) in [5, 5.41) is 0.158. The molecule has 0 aliphatic carbocycles. The van der Waals surface area contributed by atoms with Gasteiger partial charge in [0.1, 0.15) is 0 Å². The molecule has 5 nitrogen and oxygen atoms in total. The lowest BCUT2D eigenvalue weighted by Gasteiger charge is -2.00. The highest BCUT2D eigenvalue weighted by Gasteiger charge is 1.93. The minimum Gasteiger partial charge on any atom is -0.471 e. The predicted molar refractivity (Wildman–Crippen MR) is 54.3 cm³/mol. The molecule has 4 N–H and O–H groups in total. The molecule has 0 amide bonds. The van der Waals surface area contributed by atoms with E-state index in [1.165, 1.54) is 12.8 Å². The van der Waals surface area contributed by atoms with Crippen LogP contribution in [0.15, 0.2) is 0 Å². The predicted octanol–water partition coefficient (Wildman–Crippen LogP) is 1.07. The van der Waals surface area contributed by atoms with Crippen LogP contribution in [0.5, 0.6) is 0 Å². The second-order valence-corrected chi connectivity index (χ2v) is 3.04. The quantitative estimate of drug-likeness (QED) is 0.378. The molecule has 0 spiro atoms. The highest BCUT2D eigenvalue weighted by Crippen LogP contribution is 1.98. The van der Waals surface area contributed by atoms with E-state index in [9.17, 15) is 0 Å². The third-order valence-electron chi connectivity index (χ3n) is 0.992. The number of unbranched alkanes of at least 4 members (excludes halogenated alkanes) is 2. The lowest BCUT2D eigenvalue weighted by Crippen LogP contribution is -2.13. The maximum absolute atomic E-state index is 8.70. The van der Waals surface area contributed by atoms with Crippen molar-refractivity contribution in [2.24, 2.45) is 5.73 Å². The van der Waals surface area contributed by atoms with E-state index in [0.717, 1.165) is 6.42 Å². The molecule has 0 aliphatic heterocycles. The zero-order valence-corrected chi connectivity index (χ0v) is 9.18. The maximum atomic E-state index is 8.70. The average Bonchev–Trinajstić information content (AvgIpc) is 1.97. The molecule has 0 radical (unpaired) electrons. The number of hydrogen-bond acceptors (Lipinski definition) is 3. The molecule has 78 valence electrons. The van der Waals surface area contributed by atoms with Crippen molar-refractivity contribution in [3.05, 3.63) is 0 Å². The summed E-state index contributed by atoms with van der Waals surface area (Å²) in [7, 11) is -2.87. The number of thiocarbonyl (C=S) groups is 1. The van der Waals surface area contributed by atoms with Gasteiger partial charge in [0, 0.05) is 4.57 Å². The summed E-state index contributed by atoms with van der Waals surface area (Å²) in [4.78, 5) is 14.2. The Hall–Kier alpha value is -0.290. The summed E-state index contributed by atoms with van der Waals surface area (Å²) >= 11 is 4.50. The van der Waals surface area contributed by atoms with Gasteiger partial charge in [0.15, 0.2) is 0 Å². The van der Waals surface area contributed by atoms with E-state index >= 15 is 0 Å². The van der Waals surface area contributed by atoms with E-state index in [-0.39, 0.29) is 5.17 Å². The Balaban J connectivity index is 0. The first-order valence-electron chi connectivity index (χ1n) is 3.78. The molecular weight excluding hydrogens is 213 g/mol. The zero-order valence-electron chi connectivity index (χ0n) is 7.47. The van der Waals surface area contributed by atoms with Crippen LogP contribution in [0.3, 0.4) is 0 Å². The SMILES string of the molecule is CCCCCOC(N)=S.O=[P+](O)O. The van der Waals surface area contributed by atoms with Gasteiger partial charge in [0.25, 0.3) is 5.17 Å². The van der Waals surface area contributed by atoms with Crippen molar-refractivity contribution in [1.82, 2.24) is 0 Å². The van der Waals surface area contributed by atoms with Crippen molar-refractivity contribution >= 4 is 25.6 Å². The van der Waals surface area contributed by atoms with E-state index < -0.39 is 8.25 Å². The molecule has 0 fully saturated rings. The van der Waals surface area contributed by atoms with Crippen LogP contribution in [-0.4, -0.2) is 21.6 Å². The number of ether oxygens (including phenoxy) is 1. The normalized spacial score (nSPS) is 8.23. The molecule has 0 unspecified atom stereocenters. The smallest absolute Gasteiger partial charge is 0.471 e. The summed E-state index contributed by atoms with van der Waals surface area (Å²) in [6.45, 7) is 2.81. The Bertz CT molecular complexity index is 152. The van der Waals surface area contributed by atoms with Gasteiger partial charge in [-0.05, 0) is 18.6 Å². The molecule has 0 saturated carbocycles. The Labute approximate surface area is 83.8 Å². The Morgan fingerprint density at radius 1 is 1.54 bits per heavy atom. The van der Waals surface area contributed by atoms with Crippen molar-refractivity contribution in [3.8, 4) is 0 Å². The van der Waals surface area contributed by atoms with Gasteiger partial charge >= 0.3 is 8.25 Å². The minimum absolute atomic E-state index is 0.158. The van der Waals surface area contributed by atoms with Crippen molar-refractivity contribution in [1.29, 1.82) is 0 Å². The van der Waals surface area contributed by atoms with E-state index in [0.29, 0.717) is 6.61 Å². The van der Waals surface area contributed by atoms with Gasteiger partial charge in [-0.3, -0.25) is 0 Å². The molecule has 0 aliphatic rings. The number of rotatable bonds is 4. The van der Waals surface area contributed by atoms with Crippen LogP contribution < -0.4 is 5.73 Å². The molecule has 0 rings (SSSR count). The zero-order chi connectivity index (χ0) is 10.7. The lowest BCUT2D eigenvalue weighted by molar-refractivity contribution is 0.297. The molecular formula is C6H15NO4PS+. The molecule has 7 heteroatoms. The highest BCUT2D eigenvalue weighted by atomic mass is 32.1. The van der Waals surface area contributed by atoms with Gasteiger partial charge in [-0.2, -0.15) is 0 Å². The van der Waals surface area contributed by atoms with Crippen molar-refractivity contribution < 1.29 is 19.1 Å². The maximum Gasteiger partial charge on any atom is 0.692 e. The van der Waals surface area contributed by atoms with Crippen LogP contribution in [0.25, 0.3) is 0 Å². The van der Waals surface area contributed by atoms with Crippen molar-refractivity contribution in [2.75, 3.05) is 6.61 Å². The van der Waals surface area contributed by atoms with Gasteiger partial charge in [0.05, 0.1) is 6.61 Å². The number of hydrogen-bond donors (Lipinski definition) is 3. The van der Waals surface area contributed by atoms with Gasteiger partial charge in [-0.1, -0.05) is 19.8 Å². The molecule has 0 atom stereocenters. The molecule has 0 saturated heterocycles. The minimum atomic E-state index is -2.87. The average molecular weight is 228 g/mol. The van der Waals surface area contributed by atoms with Gasteiger partial charge in [-0.15, -0.1) is 9.79 Å². The summed E-state index contributed by atoms with van der Waals surface area (Å²) in [5.41, 5.74) is 5.08. The molecule has 0 aromatic rings. The highest BCUT2D eigenvalue weighted by molar-refractivity contribution is 7.80. The third-order valence-corrected chi connectivity index (χ3v) is 1.11. The van der Waals surface area contributed by atoms with Crippen LogP contribution in [-0.2, 0) is 9.30 Å². The fourth-order valence-electron chi connectivity index (χ4n) is 0.525. The Morgan fingerprint density at radius 2 is 2.00 bits per heavy atom. The fourth-order valence-corrected chi connectivity index (χ4v) is 0.608. The number of nitrogens with two attached hydrogens (primary N) is 1. The topological polar surface area (TPSA) is 92.8 Å². The van der Waals surface area contributed by atoms with Crippen molar-refractivity contribution in [3.63, 3.8) is 0 Å². The third kappa shape index (κ3) is 33.9. The van der Waals surface area contributed by atoms with Gasteiger partial charge in [-0.25, -0.2) is 0 Å². The van der Waals surface area contributed by atoms with Crippen LogP contribution in [0.1, 0.15) is 26.2 Å². The van der Waals surface area contributed by atoms with Gasteiger partial charge < -0.3 is 10.5 Å². The first-order valence-corrected chi connectivity index (χ1v) is 5.35. The van der Waals surface area contributed by atoms with E-state index in [2.05, 4.69) is 19.1 Å². The fraction of sp³-hybridized carbons (Fsp3) is 0.833. The molecule has 0 bridgehead atoms. The van der Waals surface area contributed by atoms with Gasteiger partial charge in [0.2, 0.25) is 0 Å². The van der Waals surface area contributed by atoms with E-state index in [1.54, 1.807) is 0 Å². The molecule has 13 heavy (non-hydrogen) atoms. The molecule has 0 heterocycles. The second-order valence-electron chi connectivity index (χ2n) is 2.13.